The molecule has 1 aromatic carbocycles. The van der Waals surface area contributed by atoms with Crippen LogP contribution in [0.1, 0.15) is 47.8 Å². The van der Waals surface area contributed by atoms with Crippen molar-refractivity contribution >= 4 is 17.7 Å². The van der Waals surface area contributed by atoms with Gasteiger partial charge in [-0.3, -0.25) is 14.4 Å². The summed E-state index contributed by atoms with van der Waals surface area (Å²) in [5, 5.41) is 5.45. The highest BCUT2D eigenvalue weighted by Gasteiger charge is 2.34. The van der Waals surface area contributed by atoms with Crippen molar-refractivity contribution in [1.82, 2.24) is 15.5 Å². The number of carbonyl (C=O) groups is 3. The molecule has 0 spiro atoms. The summed E-state index contributed by atoms with van der Waals surface area (Å²) in [5.74, 6) is -2.09. The minimum absolute atomic E-state index is 0.00481. The van der Waals surface area contributed by atoms with Gasteiger partial charge in [0.2, 0.25) is 11.8 Å². The lowest BCUT2D eigenvalue weighted by atomic mass is 10.0. The first kappa shape index (κ1) is 23.5. The first-order valence-corrected chi connectivity index (χ1v) is 10.7. The number of benzene rings is 1. The van der Waals surface area contributed by atoms with Crippen LogP contribution in [0.5, 0.6) is 0 Å². The third-order valence-electron chi connectivity index (χ3n) is 5.46. The van der Waals surface area contributed by atoms with Crippen molar-refractivity contribution in [1.29, 1.82) is 0 Å². The zero-order valence-corrected chi connectivity index (χ0v) is 18.0. The highest BCUT2D eigenvalue weighted by atomic mass is 19.1. The summed E-state index contributed by atoms with van der Waals surface area (Å²) in [6.07, 6.45) is 5.08. The summed E-state index contributed by atoms with van der Waals surface area (Å²) in [6.45, 7) is -0.201. The zero-order chi connectivity index (χ0) is 22.9. The zero-order valence-electron chi connectivity index (χ0n) is 18.0. The molecule has 3 rings (SSSR count). The summed E-state index contributed by atoms with van der Waals surface area (Å²) < 4.78 is 24.9. The van der Waals surface area contributed by atoms with Crippen LogP contribution in [0.15, 0.2) is 47.1 Å². The molecule has 0 aliphatic heterocycles. The maximum Gasteiger partial charge on any atom is 0.287 e. The maximum atomic E-state index is 14.7. The van der Waals surface area contributed by atoms with Crippen LogP contribution in [0.25, 0.3) is 0 Å². The monoisotopic (exact) mass is 445 g/mol. The van der Waals surface area contributed by atoms with Gasteiger partial charge in [-0.2, -0.15) is 0 Å². The SMILES string of the molecule is COCCN(C(=O)CNC(=O)c1ccco1)[C@@H](C(=O)NC1CCCC1)c1ccccc1F. The molecule has 1 aromatic heterocycles. The number of nitrogens with zero attached hydrogens (tertiary/aromatic N) is 1. The van der Waals surface area contributed by atoms with Gasteiger partial charge >= 0.3 is 0 Å². The van der Waals surface area contributed by atoms with Crippen LogP contribution in [-0.4, -0.2) is 55.5 Å². The lowest BCUT2D eigenvalue weighted by Crippen LogP contribution is -2.50. The molecule has 1 atom stereocenters. The average Bonchev–Trinajstić information content (AvgIpc) is 3.50. The molecule has 0 saturated heterocycles. The van der Waals surface area contributed by atoms with E-state index < -0.39 is 29.6 Å². The molecule has 0 bridgehead atoms. The van der Waals surface area contributed by atoms with Crippen LogP contribution in [0.3, 0.4) is 0 Å². The van der Waals surface area contributed by atoms with Gasteiger partial charge in [0.1, 0.15) is 11.9 Å². The van der Waals surface area contributed by atoms with E-state index in [1.165, 1.54) is 42.5 Å². The van der Waals surface area contributed by atoms with Crippen molar-refractivity contribution in [3.8, 4) is 0 Å². The number of amides is 3. The standard InChI is InChI=1S/C23H28FN3O5/c1-31-14-12-27(20(28)15-25-22(29)19-11-6-13-32-19)21(17-9-4-5-10-18(17)24)23(30)26-16-7-2-3-8-16/h4-6,9-11,13,16,21H,2-3,7-8,12,14-15H2,1H3,(H,25,29)(H,26,30)/t21-/m1/s1. The topological polar surface area (TPSA) is 101 Å². The molecule has 8 nitrogen and oxygen atoms in total. The lowest BCUT2D eigenvalue weighted by Gasteiger charge is -2.32. The quantitative estimate of drug-likeness (QED) is 0.585. The van der Waals surface area contributed by atoms with Crippen LogP contribution in [0, 0.1) is 5.82 Å². The summed E-state index contributed by atoms with van der Waals surface area (Å²) in [7, 11) is 1.47. The van der Waals surface area contributed by atoms with Crippen molar-refractivity contribution in [2.75, 3.05) is 26.8 Å². The van der Waals surface area contributed by atoms with Gasteiger partial charge in [0.25, 0.3) is 5.91 Å². The molecule has 0 unspecified atom stereocenters. The van der Waals surface area contributed by atoms with E-state index in [1.54, 1.807) is 12.1 Å². The van der Waals surface area contributed by atoms with Crippen molar-refractivity contribution in [3.63, 3.8) is 0 Å². The number of rotatable bonds is 10. The maximum absolute atomic E-state index is 14.7. The van der Waals surface area contributed by atoms with E-state index in [2.05, 4.69) is 10.6 Å². The number of furan rings is 1. The Labute approximate surface area is 186 Å². The Bertz CT molecular complexity index is 912. The van der Waals surface area contributed by atoms with E-state index in [1.807, 2.05) is 0 Å². The minimum Gasteiger partial charge on any atom is -0.459 e. The second kappa shape index (κ2) is 11.4. The fourth-order valence-corrected chi connectivity index (χ4v) is 3.84. The van der Waals surface area contributed by atoms with Crippen molar-refractivity contribution in [2.24, 2.45) is 0 Å². The molecule has 0 radical (unpaired) electrons. The Balaban J connectivity index is 1.83. The lowest BCUT2D eigenvalue weighted by molar-refractivity contribution is -0.141. The Morgan fingerprint density at radius 3 is 2.59 bits per heavy atom. The normalized spacial score (nSPS) is 14.7. The third kappa shape index (κ3) is 5.94. The summed E-state index contributed by atoms with van der Waals surface area (Å²) >= 11 is 0. The van der Waals surface area contributed by atoms with Crippen molar-refractivity contribution < 1.29 is 27.9 Å². The van der Waals surface area contributed by atoms with Crippen LogP contribution in [0.2, 0.25) is 0 Å². The third-order valence-corrected chi connectivity index (χ3v) is 5.46. The van der Waals surface area contributed by atoms with Gasteiger partial charge in [-0.25, -0.2) is 4.39 Å². The number of hydrogen-bond acceptors (Lipinski definition) is 5. The van der Waals surface area contributed by atoms with E-state index >= 15 is 0 Å². The van der Waals surface area contributed by atoms with Gasteiger partial charge in [0, 0.05) is 25.3 Å². The largest absolute Gasteiger partial charge is 0.459 e. The van der Waals surface area contributed by atoms with Crippen molar-refractivity contribution in [2.45, 2.75) is 37.8 Å². The smallest absolute Gasteiger partial charge is 0.287 e. The van der Waals surface area contributed by atoms with Gasteiger partial charge in [0.05, 0.1) is 19.4 Å². The molecule has 1 saturated carbocycles. The van der Waals surface area contributed by atoms with E-state index in [9.17, 15) is 18.8 Å². The molecule has 1 aliphatic carbocycles. The van der Waals surface area contributed by atoms with Gasteiger partial charge in [-0.1, -0.05) is 31.0 Å². The average molecular weight is 445 g/mol. The van der Waals surface area contributed by atoms with Gasteiger partial charge in [-0.15, -0.1) is 0 Å². The number of carbonyl (C=O) groups excluding carboxylic acids is 3. The van der Waals surface area contributed by atoms with E-state index in [0.717, 1.165) is 25.7 Å². The summed E-state index contributed by atoms with van der Waals surface area (Å²) in [6, 6.07) is 7.71. The number of nitrogens with one attached hydrogen (secondary N) is 2. The molecule has 32 heavy (non-hydrogen) atoms. The van der Waals surface area contributed by atoms with Gasteiger partial charge in [-0.05, 0) is 31.0 Å². The van der Waals surface area contributed by atoms with Crippen LogP contribution >= 0.6 is 0 Å². The molecule has 1 heterocycles. The molecule has 3 amide bonds. The molecule has 1 fully saturated rings. The highest BCUT2D eigenvalue weighted by molar-refractivity contribution is 5.95. The highest BCUT2D eigenvalue weighted by Crippen LogP contribution is 2.26. The molecule has 1 aliphatic rings. The van der Waals surface area contributed by atoms with Crippen LogP contribution in [-0.2, 0) is 14.3 Å². The Kier molecular flexibility index (Phi) is 8.38. The van der Waals surface area contributed by atoms with E-state index in [4.69, 9.17) is 9.15 Å². The first-order chi connectivity index (χ1) is 15.5. The van der Waals surface area contributed by atoms with Crippen molar-refractivity contribution in [3.05, 3.63) is 59.8 Å². The second-order valence-electron chi connectivity index (χ2n) is 7.65. The molecule has 172 valence electrons. The number of halogens is 1. The summed E-state index contributed by atoms with van der Waals surface area (Å²) in [5.41, 5.74) is 0.0878. The minimum atomic E-state index is -1.19. The molecular formula is C23H28FN3O5. The first-order valence-electron chi connectivity index (χ1n) is 10.7. The Morgan fingerprint density at radius 2 is 1.94 bits per heavy atom. The Morgan fingerprint density at radius 1 is 1.19 bits per heavy atom. The molecule has 2 N–H and O–H groups in total. The number of hydrogen-bond donors (Lipinski definition) is 2. The molecule has 2 aromatic rings. The van der Waals surface area contributed by atoms with E-state index in [-0.39, 0.29) is 37.1 Å². The molecule has 9 heteroatoms. The van der Waals surface area contributed by atoms with Gasteiger partial charge < -0.3 is 24.7 Å². The predicted molar refractivity (Wildman–Crippen MR) is 114 cm³/mol. The predicted octanol–water partition coefficient (Wildman–Crippen LogP) is 2.42. The number of ether oxygens (including phenoxy) is 1. The fraction of sp³-hybridized carbons (Fsp3) is 0.435. The second-order valence-corrected chi connectivity index (χ2v) is 7.65. The van der Waals surface area contributed by atoms with Gasteiger partial charge in [0.15, 0.2) is 5.76 Å². The van der Waals surface area contributed by atoms with E-state index in [0.29, 0.717) is 0 Å². The fourth-order valence-electron chi connectivity index (χ4n) is 3.84. The van der Waals surface area contributed by atoms with Crippen LogP contribution in [0.4, 0.5) is 4.39 Å². The van der Waals surface area contributed by atoms with Crippen LogP contribution < -0.4 is 10.6 Å². The number of methoxy groups -OCH3 is 1. The Hall–Kier alpha value is -3.20. The molecular weight excluding hydrogens is 417 g/mol. The summed E-state index contributed by atoms with van der Waals surface area (Å²) in [4.78, 5) is 39.8.